The molecule has 0 unspecified atom stereocenters. The largest absolute Gasteiger partial charge is 0.466 e. The molecule has 0 N–H and O–H groups in total. The molecule has 1 aliphatic heterocycles. The van der Waals surface area contributed by atoms with Crippen LogP contribution >= 0.6 is 0 Å². The maximum atomic E-state index is 12.6. The highest BCUT2D eigenvalue weighted by Gasteiger charge is 2.27. The third-order valence-corrected chi connectivity index (χ3v) is 4.36. The molecule has 0 aromatic carbocycles. The van der Waals surface area contributed by atoms with Crippen LogP contribution in [0.5, 0.6) is 6.01 Å². The molecule has 0 saturated carbocycles. The van der Waals surface area contributed by atoms with Crippen LogP contribution in [0.2, 0.25) is 0 Å². The van der Waals surface area contributed by atoms with Gasteiger partial charge in [0.1, 0.15) is 17.6 Å². The summed E-state index contributed by atoms with van der Waals surface area (Å²) in [4.78, 5) is 22.9. The van der Waals surface area contributed by atoms with Gasteiger partial charge in [0.25, 0.3) is 5.91 Å². The summed E-state index contributed by atoms with van der Waals surface area (Å²) in [5.41, 5.74) is 1.75. The summed E-state index contributed by atoms with van der Waals surface area (Å²) in [6.07, 6.45) is 6.11. The zero-order valence-electron chi connectivity index (χ0n) is 14.4. The van der Waals surface area contributed by atoms with Gasteiger partial charge < -0.3 is 14.1 Å². The van der Waals surface area contributed by atoms with Gasteiger partial charge in [-0.2, -0.15) is 0 Å². The Balaban J connectivity index is 1.55. The van der Waals surface area contributed by atoms with E-state index in [2.05, 4.69) is 16.9 Å². The number of rotatable bonds is 4. The number of carbonyl (C=O) groups is 1. The molecule has 2 aromatic heterocycles. The van der Waals surface area contributed by atoms with Crippen LogP contribution in [0.15, 0.2) is 22.9 Å². The third-order valence-electron chi connectivity index (χ3n) is 4.36. The van der Waals surface area contributed by atoms with Gasteiger partial charge in [0.15, 0.2) is 0 Å². The molecular weight excluding hydrogens is 306 g/mol. The lowest BCUT2D eigenvalue weighted by atomic mass is 10.1. The van der Waals surface area contributed by atoms with Crippen LogP contribution in [0, 0.1) is 13.8 Å². The Morgan fingerprint density at radius 3 is 2.50 bits per heavy atom. The van der Waals surface area contributed by atoms with Crippen LogP contribution in [0.1, 0.15) is 47.2 Å². The average molecular weight is 329 g/mol. The fraction of sp³-hybridized carbons (Fsp3) is 0.500. The second kappa shape index (κ2) is 7.03. The van der Waals surface area contributed by atoms with Crippen molar-refractivity contribution in [1.29, 1.82) is 0 Å². The number of hydrogen-bond acceptors (Lipinski definition) is 5. The fourth-order valence-electron chi connectivity index (χ4n) is 2.93. The molecule has 6 nitrogen and oxygen atoms in total. The maximum absolute atomic E-state index is 12.6. The van der Waals surface area contributed by atoms with Crippen LogP contribution in [0.3, 0.4) is 0 Å². The number of aryl methyl sites for hydroxylation is 3. The SMILES string of the molecule is CCc1cnc(OC2CCN(C(=O)c3cc(C)oc3C)CC2)nc1. The smallest absolute Gasteiger partial charge is 0.316 e. The van der Waals surface area contributed by atoms with Gasteiger partial charge in [-0.05, 0) is 31.9 Å². The number of likely N-dealkylation sites (tertiary alicyclic amines) is 1. The quantitative estimate of drug-likeness (QED) is 0.862. The summed E-state index contributed by atoms with van der Waals surface area (Å²) < 4.78 is 11.3. The van der Waals surface area contributed by atoms with E-state index in [0.717, 1.165) is 30.6 Å². The van der Waals surface area contributed by atoms with E-state index < -0.39 is 0 Å². The van der Waals surface area contributed by atoms with Crippen LogP contribution in [-0.2, 0) is 6.42 Å². The van der Waals surface area contributed by atoms with Gasteiger partial charge in [-0.15, -0.1) is 0 Å². The molecule has 128 valence electrons. The number of furan rings is 1. The highest BCUT2D eigenvalue weighted by atomic mass is 16.5. The second-order valence-corrected chi connectivity index (χ2v) is 6.16. The van der Waals surface area contributed by atoms with Crippen molar-refractivity contribution >= 4 is 5.91 Å². The molecule has 1 amide bonds. The minimum absolute atomic E-state index is 0.0337. The molecule has 1 fully saturated rings. The summed E-state index contributed by atoms with van der Waals surface area (Å²) in [6.45, 7) is 7.08. The second-order valence-electron chi connectivity index (χ2n) is 6.16. The fourth-order valence-corrected chi connectivity index (χ4v) is 2.93. The van der Waals surface area contributed by atoms with E-state index in [1.54, 1.807) is 12.4 Å². The topological polar surface area (TPSA) is 68.5 Å². The van der Waals surface area contributed by atoms with E-state index in [0.29, 0.717) is 30.4 Å². The number of nitrogens with zero attached hydrogens (tertiary/aromatic N) is 3. The number of piperidine rings is 1. The molecule has 3 rings (SSSR count). The number of carbonyl (C=O) groups excluding carboxylic acids is 1. The van der Waals surface area contributed by atoms with Gasteiger partial charge in [0, 0.05) is 38.3 Å². The van der Waals surface area contributed by atoms with E-state index in [9.17, 15) is 4.79 Å². The molecule has 0 spiro atoms. The minimum atomic E-state index is 0.0337. The van der Waals surface area contributed by atoms with Crippen LogP contribution in [0.4, 0.5) is 0 Å². The minimum Gasteiger partial charge on any atom is -0.466 e. The standard InChI is InChI=1S/C18H23N3O3/c1-4-14-10-19-18(20-11-14)24-15-5-7-21(8-6-15)17(22)16-9-12(2)23-13(16)3/h9-11,15H,4-8H2,1-3H3. The number of amides is 1. The monoisotopic (exact) mass is 329 g/mol. The molecule has 0 atom stereocenters. The lowest BCUT2D eigenvalue weighted by Gasteiger charge is -2.31. The Labute approximate surface area is 141 Å². The van der Waals surface area contributed by atoms with Gasteiger partial charge in [-0.1, -0.05) is 6.92 Å². The molecule has 24 heavy (non-hydrogen) atoms. The van der Waals surface area contributed by atoms with Crippen LogP contribution < -0.4 is 4.74 Å². The van der Waals surface area contributed by atoms with Gasteiger partial charge in [0.05, 0.1) is 5.56 Å². The molecule has 2 aromatic rings. The normalized spacial score (nSPS) is 15.5. The summed E-state index contributed by atoms with van der Waals surface area (Å²) in [7, 11) is 0. The predicted octanol–water partition coefficient (Wildman–Crippen LogP) is 2.93. The summed E-state index contributed by atoms with van der Waals surface area (Å²) in [6, 6.07) is 2.22. The average Bonchev–Trinajstić information content (AvgIpc) is 2.94. The summed E-state index contributed by atoms with van der Waals surface area (Å²) in [5.74, 6) is 1.48. The van der Waals surface area contributed by atoms with Gasteiger partial charge >= 0.3 is 6.01 Å². The lowest BCUT2D eigenvalue weighted by molar-refractivity contribution is 0.0577. The van der Waals surface area contributed by atoms with Crippen molar-refractivity contribution in [3.05, 3.63) is 41.1 Å². The van der Waals surface area contributed by atoms with Crippen molar-refractivity contribution in [2.45, 2.75) is 46.1 Å². The Bertz CT molecular complexity index is 701. The highest BCUT2D eigenvalue weighted by Crippen LogP contribution is 2.21. The number of aromatic nitrogens is 2. The number of hydrogen-bond donors (Lipinski definition) is 0. The molecule has 1 aliphatic rings. The first-order valence-corrected chi connectivity index (χ1v) is 8.40. The Hall–Kier alpha value is -2.37. The molecule has 0 radical (unpaired) electrons. The maximum Gasteiger partial charge on any atom is 0.316 e. The van der Waals surface area contributed by atoms with Crippen molar-refractivity contribution < 1.29 is 13.9 Å². The van der Waals surface area contributed by atoms with E-state index >= 15 is 0 Å². The van der Waals surface area contributed by atoms with Crippen LogP contribution in [0.25, 0.3) is 0 Å². The van der Waals surface area contributed by atoms with Gasteiger partial charge in [0.2, 0.25) is 0 Å². The third kappa shape index (κ3) is 3.58. The predicted molar refractivity (Wildman–Crippen MR) is 89.1 cm³/mol. The van der Waals surface area contributed by atoms with Crippen molar-refractivity contribution in [2.24, 2.45) is 0 Å². The molecule has 0 aliphatic carbocycles. The molecule has 6 heteroatoms. The van der Waals surface area contributed by atoms with Crippen molar-refractivity contribution in [3.63, 3.8) is 0 Å². The van der Waals surface area contributed by atoms with Crippen molar-refractivity contribution in [3.8, 4) is 6.01 Å². The summed E-state index contributed by atoms with van der Waals surface area (Å²) in [5, 5.41) is 0. The van der Waals surface area contributed by atoms with Gasteiger partial charge in [-0.3, -0.25) is 4.79 Å². The van der Waals surface area contributed by atoms with E-state index in [1.807, 2.05) is 24.8 Å². The first-order chi connectivity index (χ1) is 11.6. The first-order valence-electron chi connectivity index (χ1n) is 8.40. The molecule has 0 bridgehead atoms. The zero-order valence-corrected chi connectivity index (χ0v) is 14.4. The Kier molecular flexibility index (Phi) is 4.83. The summed E-state index contributed by atoms with van der Waals surface area (Å²) >= 11 is 0. The van der Waals surface area contributed by atoms with E-state index in [-0.39, 0.29) is 12.0 Å². The lowest BCUT2D eigenvalue weighted by Crippen LogP contribution is -2.42. The highest BCUT2D eigenvalue weighted by molar-refractivity contribution is 5.95. The zero-order chi connectivity index (χ0) is 17.1. The molecule has 3 heterocycles. The first kappa shape index (κ1) is 16.5. The van der Waals surface area contributed by atoms with Crippen LogP contribution in [-0.4, -0.2) is 40.0 Å². The Morgan fingerprint density at radius 2 is 1.96 bits per heavy atom. The van der Waals surface area contributed by atoms with Crippen molar-refractivity contribution in [1.82, 2.24) is 14.9 Å². The van der Waals surface area contributed by atoms with Crippen molar-refractivity contribution in [2.75, 3.05) is 13.1 Å². The van der Waals surface area contributed by atoms with E-state index in [4.69, 9.17) is 9.15 Å². The molecular formula is C18H23N3O3. The Morgan fingerprint density at radius 1 is 1.29 bits per heavy atom. The molecule has 1 saturated heterocycles. The van der Waals surface area contributed by atoms with E-state index in [1.165, 1.54) is 0 Å². The number of ether oxygens (including phenoxy) is 1. The van der Waals surface area contributed by atoms with Gasteiger partial charge in [-0.25, -0.2) is 9.97 Å².